The van der Waals surface area contributed by atoms with Gasteiger partial charge in [0.2, 0.25) is 0 Å². The molecular formula is C32H34O8. The third-order valence-electron chi connectivity index (χ3n) is 10.3. The first-order valence-electron chi connectivity index (χ1n) is 13.6. The Morgan fingerprint density at radius 2 is 1.55 bits per heavy atom. The highest BCUT2D eigenvalue weighted by atomic mass is 16.3. The van der Waals surface area contributed by atoms with E-state index in [1.54, 1.807) is 33.8 Å². The highest BCUT2D eigenvalue weighted by Crippen LogP contribution is 2.67. The van der Waals surface area contributed by atoms with E-state index in [9.17, 15) is 39.3 Å². The average Bonchev–Trinajstić information content (AvgIpc) is 2.89. The molecule has 0 radical (unpaired) electrons. The Bertz CT molecular complexity index is 1490. The van der Waals surface area contributed by atoms with Gasteiger partial charge >= 0.3 is 0 Å². The van der Waals surface area contributed by atoms with Gasteiger partial charge in [-0.15, -0.1) is 0 Å². The number of phenolic OH excluding ortho intramolecular Hbond substituents is 1. The lowest BCUT2D eigenvalue weighted by atomic mass is 9.37. The van der Waals surface area contributed by atoms with Crippen molar-refractivity contribution in [2.24, 2.45) is 34.5 Å². The molecule has 3 aliphatic rings. The summed E-state index contributed by atoms with van der Waals surface area (Å²) in [5, 5.41) is 35.3. The second-order valence-electron chi connectivity index (χ2n) is 12.5. The molecule has 0 aliphatic heterocycles. The molecule has 0 spiro atoms. The van der Waals surface area contributed by atoms with Gasteiger partial charge < -0.3 is 15.3 Å². The number of Topliss-reactive ketones (excluding diaryl/α,β-unsaturated/α-hetero) is 5. The number of aromatic hydroxyl groups is 1. The van der Waals surface area contributed by atoms with Crippen LogP contribution >= 0.6 is 0 Å². The minimum atomic E-state index is -2.98. The van der Waals surface area contributed by atoms with Crippen molar-refractivity contribution in [1.29, 1.82) is 0 Å². The maximum absolute atomic E-state index is 14.5. The summed E-state index contributed by atoms with van der Waals surface area (Å²) in [6.45, 7) is 9.04. The van der Waals surface area contributed by atoms with Gasteiger partial charge in [0.1, 0.15) is 17.5 Å². The fraction of sp³-hybridized carbons (Fsp3) is 0.469. The van der Waals surface area contributed by atoms with Crippen LogP contribution in [0.3, 0.4) is 0 Å². The fourth-order valence-corrected chi connectivity index (χ4v) is 8.29. The molecule has 2 aromatic rings. The SMILES string of the molecule is CC(=O)C1C(=O)C(C(C)C)[C@@]2(C)[C@H](O)[C@]3(C)C(C(=O)c4c(O)ccc(-c5ccccc5)c4[C@H]3C)C(=O)[C@@]2(O)C1=O. The zero-order valence-corrected chi connectivity index (χ0v) is 23.4. The molecule has 0 aromatic heterocycles. The van der Waals surface area contributed by atoms with E-state index in [0.717, 1.165) is 12.5 Å². The maximum Gasteiger partial charge on any atom is 0.191 e. The summed E-state index contributed by atoms with van der Waals surface area (Å²) >= 11 is 0. The van der Waals surface area contributed by atoms with Gasteiger partial charge in [0.25, 0.3) is 0 Å². The second kappa shape index (κ2) is 8.75. The lowest BCUT2D eigenvalue weighted by molar-refractivity contribution is -0.240. The van der Waals surface area contributed by atoms with Crippen molar-refractivity contribution < 1.29 is 39.3 Å². The molecule has 5 rings (SSSR count). The number of hydrogen-bond acceptors (Lipinski definition) is 8. The van der Waals surface area contributed by atoms with Crippen LogP contribution < -0.4 is 0 Å². The summed E-state index contributed by atoms with van der Waals surface area (Å²) in [7, 11) is 0. The van der Waals surface area contributed by atoms with Gasteiger partial charge in [-0.1, -0.05) is 71.0 Å². The third kappa shape index (κ3) is 3.06. The topological polar surface area (TPSA) is 146 Å². The predicted octanol–water partition coefficient (Wildman–Crippen LogP) is 3.29. The molecule has 8 nitrogen and oxygen atoms in total. The van der Waals surface area contributed by atoms with Crippen molar-refractivity contribution in [1.82, 2.24) is 0 Å². The van der Waals surface area contributed by atoms with E-state index in [2.05, 4.69) is 0 Å². The van der Waals surface area contributed by atoms with E-state index in [1.807, 2.05) is 30.3 Å². The minimum absolute atomic E-state index is 0.105. The van der Waals surface area contributed by atoms with E-state index >= 15 is 0 Å². The molecule has 3 unspecified atom stereocenters. The average molecular weight is 547 g/mol. The normalized spacial score (nSPS) is 37.2. The number of hydrogen-bond donors (Lipinski definition) is 3. The summed E-state index contributed by atoms with van der Waals surface area (Å²) < 4.78 is 0. The molecule has 8 heteroatoms. The van der Waals surface area contributed by atoms with Gasteiger partial charge in [-0.3, -0.25) is 24.0 Å². The summed E-state index contributed by atoms with van der Waals surface area (Å²) in [6.07, 6.45) is -1.70. The number of aliphatic hydroxyl groups is 2. The Balaban J connectivity index is 1.84. The van der Waals surface area contributed by atoms with Crippen molar-refractivity contribution in [3.63, 3.8) is 0 Å². The van der Waals surface area contributed by atoms with Gasteiger partial charge in [0, 0.05) is 16.7 Å². The number of ketones is 5. The number of carbonyl (C=O) groups is 5. The molecule has 0 saturated heterocycles. The Kier molecular flexibility index (Phi) is 6.14. The van der Waals surface area contributed by atoms with E-state index in [-0.39, 0.29) is 11.3 Å². The van der Waals surface area contributed by atoms with Gasteiger partial charge in [-0.25, -0.2) is 0 Å². The Morgan fingerprint density at radius 1 is 0.950 bits per heavy atom. The smallest absolute Gasteiger partial charge is 0.191 e. The van der Waals surface area contributed by atoms with Crippen LogP contribution in [0.2, 0.25) is 0 Å². The summed E-state index contributed by atoms with van der Waals surface area (Å²) in [4.78, 5) is 68.7. The summed E-state index contributed by atoms with van der Waals surface area (Å²) in [5.41, 5.74) is -4.86. The zero-order chi connectivity index (χ0) is 29.7. The van der Waals surface area contributed by atoms with E-state index in [0.29, 0.717) is 11.1 Å². The number of rotatable bonds is 3. The van der Waals surface area contributed by atoms with Crippen molar-refractivity contribution in [2.45, 2.75) is 59.2 Å². The number of benzene rings is 2. The molecule has 40 heavy (non-hydrogen) atoms. The van der Waals surface area contributed by atoms with E-state index < -0.39 is 81.0 Å². The van der Waals surface area contributed by atoms with Crippen molar-refractivity contribution >= 4 is 28.9 Å². The van der Waals surface area contributed by atoms with Crippen LogP contribution in [0.15, 0.2) is 42.5 Å². The molecule has 2 fully saturated rings. The van der Waals surface area contributed by atoms with Crippen LogP contribution in [0.5, 0.6) is 5.75 Å². The van der Waals surface area contributed by atoms with Crippen LogP contribution in [0.4, 0.5) is 0 Å². The standard InChI is InChI=1S/C32H34O8/c1-14(2)23-25(35)21(16(4)33)27(37)32(40)28(38)24-26(36)22-19(34)13-12-18(17-10-8-7-9-11-17)20(22)15(3)30(24,5)29(39)31(23,32)6/h7-15,21,23-24,29,34,39-40H,1-6H3/t15-,21?,23?,24?,29-,30+,31+,32+/m1/s1. The quantitative estimate of drug-likeness (QED) is 0.497. The van der Waals surface area contributed by atoms with Crippen LogP contribution in [0.25, 0.3) is 11.1 Å². The van der Waals surface area contributed by atoms with Gasteiger partial charge in [-0.05, 0) is 41.5 Å². The molecule has 2 aromatic carbocycles. The first kappa shape index (κ1) is 28.1. The third-order valence-corrected chi connectivity index (χ3v) is 10.3. The summed E-state index contributed by atoms with van der Waals surface area (Å²) in [6, 6.07) is 12.2. The molecular weight excluding hydrogens is 512 g/mol. The molecule has 2 saturated carbocycles. The van der Waals surface area contributed by atoms with E-state index in [1.165, 1.54) is 13.0 Å². The van der Waals surface area contributed by atoms with Crippen LogP contribution in [-0.2, 0) is 19.2 Å². The largest absolute Gasteiger partial charge is 0.507 e. The van der Waals surface area contributed by atoms with Crippen molar-refractivity contribution in [3.8, 4) is 16.9 Å². The fourth-order valence-electron chi connectivity index (χ4n) is 8.29. The van der Waals surface area contributed by atoms with Crippen LogP contribution in [0, 0.1) is 34.5 Å². The van der Waals surface area contributed by atoms with Gasteiger partial charge in [0.15, 0.2) is 28.7 Å². The highest BCUT2D eigenvalue weighted by Gasteiger charge is 2.80. The Labute approximate surface area is 232 Å². The monoisotopic (exact) mass is 546 g/mol. The Hall–Kier alpha value is -3.49. The molecule has 3 N–H and O–H groups in total. The molecule has 210 valence electrons. The lowest BCUT2D eigenvalue weighted by Crippen LogP contribution is -2.82. The van der Waals surface area contributed by atoms with E-state index in [4.69, 9.17) is 0 Å². The zero-order valence-electron chi connectivity index (χ0n) is 23.4. The molecule has 0 bridgehead atoms. The van der Waals surface area contributed by atoms with Gasteiger partial charge in [0.05, 0.1) is 17.6 Å². The predicted molar refractivity (Wildman–Crippen MR) is 144 cm³/mol. The van der Waals surface area contributed by atoms with Crippen molar-refractivity contribution in [3.05, 3.63) is 53.6 Å². The lowest BCUT2D eigenvalue weighted by Gasteiger charge is -2.65. The molecule has 0 heterocycles. The van der Waals surface area contributed by atoms with Crippen molar-refractivity contribution in [2.75, 3.05) is 0 Å². The van der Waals surface area contributed by atoms with Gasteiger partial charge in [-0.2, -0.15) is 0 Å². The summed E-state index contributed by atoms with van der Waals surface area (Å²) in [5.74, 6) is -11.3. The number of carbonyl (C=O) groups excluding carboxylic acids is 5. The highest BCUT2D eigenvalue weighted by molar-refractivity contribution is 6.33. The number of aliphatic hydroxyl groups excluding tert-OH is 1. The first-order valence-corrected chi connectivity index (χ1v) is 13.6. The minimum Gasteiger partial charge on any atom is -0.507 e. The first-order chi connectivity index (χ1) is 18.6. The van der Waals surface area contributed by atoms with Crippen LogP contribution in [-0.4, -0.2) is 55.9 Å². The second-order valence-corrected chi connectivity index (χ2v) is 12.5. The molecule has 8 atom stereocenters. The number of phenols is 1. The number of fused-ring (bicyclic) bond motifs is 3. The maximum atomic E-state index is 14.5. The molecule has 3 aliphatic carbocycles. The Morgan fingerprint density at radius 3 is 2.10 bits per heavy atom. The molecule has 0 amide bonds. The van der Waals surface area contributed by atoms with Crippen LogP contribution in [0.1, 0.15) is 63.4 Å².